The highest BCUT2D eigenvalue weighted by molar-refractivity contribution is 6.35. The van der Waals surface area contributed by atoms with E-state index in [-0.39, 0.29) is 5.91 Å². The molecule has 0 saturated carbocycles. The van der Waals surface area contributed by atoms with Crippen molar-refractivity contribution in [3.63, 3.8) is 0 Å². The first kappa shape index (κ1) is 19.1. The van der Waals surface area contributed by atoms with Crippen LogP contribution in [0.3, 0.4) is 0 Å². The van der Waals surface area contributed by atoms with E-state index in [2.05, 4.69) is 10.2 Å². The lowest BCUT2D eigenvalue weighted by Crippen LogP contribution is -2.29. The number of hydrogen-bond acceptors (Lipinski definition) is 2. The quantitative estimate of drug-likeness (QED) is 0.602. The molecule has 1 aliphatic heterocycles. The molecule has 0 bridgehead atoms. The Hall–Kier alpha value is -1.68. The lowest BCUT2D eigenvalue weighted by molar-refractivity contribution is -0.111. The Labute approximate surface area is 168 Å². The largest absolute Gasteiger partial charge is 0.370 e. The first-order valence-corrected chi connectivity index (χ1v) is 9.65. The molecule has 0 unspecified atom stereocenters. The number of piperidine rings is 1. The predicted octanol–water partition coefficient (Wildman–Crippen LogP) is 6.29. The van der Waals surface area contributed by atoms with Crippen molar-refractivity contribution in [2.75, 3.05) is 23.3 Å². The number of nitrogens with one attached hydrogen (secondary N) is 1. The average Bonchev–Trinajstić information content (AvgIpc) is 2.62. The van der Waals surface area contributed by atoms with Crippen molar-refractivity contribution in [3.05, 3.63) is 63.1 Å². The van der Waals surface area contributed by atoms with Crippen LogP contribution in [-0.4, -0.2) is 19.0 Å². The first-order chi connectivity index (χ1) is 12.5. The molecule has 6 heteroatoms. The van der Waals surface area contributed by atoms with E-state index in [1.54, 1.807) is 30.3 Å². The summed E-state index contributed by atoms with van der Waals surface area (Å²) in [5.41, 5.74) is 2.41. The number of anilines is 2. The monoisotopic (exact) mass is 408 g/mol. The molecule has 1 heterocycles. The molecular weight excluding hydrogens is 391 g/mol. The smallest absolute Gasteiger partial charge is 0.248 e. The van der Waals surface area contributed by atoms with E-state index in [0.29, 0.717) is 20.8 Å². The van der Waals surface area contributed by atoms with Crippen molar-refractivity contribution in [1.82, 2.24) is 0 Å². The summed E-state index contributed by atoms with van der Waals surface area (Å²) >= 11 is 18.4. The third kappa shape index (κ3) is 4.94. The average molecular weight is 410 g/mol. The Balaban J connectivity index is 1.65. The van der Waals surface area contributed by atoms with Gasteiger partial charge in [-0.05, 0) is 61.2 Å². The topological polar surface area (TPSA) is 32.3 Å². The second-order valence-electron chi connectivity index (χ2n) is 6.20. The summed E-state index contributed by atoms with van der Waals surface area (Å²) in [6.07, 6.45) is 6.73. The van der Waals surface area contributed by atoms with E-state index < -0.39 is 0 Å². The molecule has 0 aromatic heterocycles. The van der Waals surface area contributed by atoms with Crippen molar-refractivity contribution >= 4 is 58.2 Å². The Morgan fingerprint density at radius 1 is 0.962 bits per heavy atom. The maximum atomic E-state index is 12.1. The van der Waals surface area contributed by atoms with Gasteiger partial charge in [0.25, 0.3) is 0 Å². The summed E-state index contributed by atoms with van der Waals surface area (Å²) in [5, 5.41) is 4.52. The van der Waals surface area contributed by atoms with Gasteiger partial charge >= 0.3 is 0 Å². The summed E-state index contributed by atoms with van der Waals surface area (Å²) in [6.45, 7) is 2.05. The molecule has 3 rings (SSSR count). The zero-order valence-electron chi connectivity index (χ0n) is 14.1. The Kier molecular flexibility index (Phi) is 6.47. The van der Waals surface area contributed by atoms with Crippen LogP contribution in [0.25, 0.3) is 6.08 Å². The molecular formula is C20H19Cl3N2O. The number of hydrogen-bond donors (Lipinski definition) is 1. The van der Waals surface area contributed by atoms with E-state index >= 15 is 0 Å². The van der Waals surface area contributed by atoms with Crippen molar-refractivity contribution in [2.24, 2.45) is 0 Å². The van der Waals surface area contributed by atoms with E-state index in [4.69, 9.17) is 34.8 Å². The maximum Gasteiger partial charge on any atom is 0.248 e. The predicted molar refractivity (Wildman–Crippen MR) is 112 cm³/mol. The zero-order chi connectivity index (χ0) is 18.5. The number of halogens is 3. The number of benzene rings is 2. The molecule has 0 radical (unpaired) electrons. The van der Waals surface area contributed by atoms with Gasteiger partial charge in [-0.2, -0.15) is 0 Å². The Morgan fingerprint density at radius 3 is 2.42 bits per heavy atom. The van der Waals surface area contributed by atoms with Gasteiger partial charge < -0.3 is 10.2 Å². The SMILES string of the molecule is O=C(C=Cc1ccc(Cl)cc1Cl)Nc1ccc(N2CCCCC2)c(Cl)c1. The van der Waals surface area contributed by atoms with Gasteiger partial charge in [0.2, 0.25) is 5.91 Å². The molecule has 2 aromatic carbocycles. The molecule has 0 atom stereocenters. The van der Waals surface area contributed by atoms with Crippen LogP contribution in [0.1, 0.15) is 24.8 Å². The molecule has 1 saturated heterocycles. The number of carbonyl (C=O) groups excluding carboxylic acids is 1. The summed E-state index contributed by atoms with van der Waals surface area (Å²) in [6, 6.07) is 10.7. The van der Waals surface area contributed by atoms with Gasteiger partial charge in [0.15, 0.2) is 0 Å². The standard InChI is InChI=1S/C20H19Cl3N2O/c21-15-6-4-14(17(22)12-15)5-9-20(26)24-16-7-8-19(18(23)13-16)25-10-2-1-3-11-25/h4-9,12-13H,1-3,10-11H2,(H,24,26). The van der Waals surface area contributed by atoms with Crippen LogP contribution in [0, 0.1) is 0 Å². The van der Waals surface area contributed by atoms with Crippen LogP contribution in [-0.2, 0) is 4.79 Å². The van der Waals surface area contributed by atoms with Crippen molar-refractivity contribution in [3.8, 4) is 0 Å². The Morgan fingerprint density at radius 2 is 1.73 bits per heavy atom. The normalized spacial score (nSPS) is 14.7. The van der Waals surface area contributed by atoms with E-state index in [1.165, 1.54) is 25.3 Å². The highest BCUT2D eigenvalue weighted by Gasteiger charge is 2.14. The fourth-order valence-electron chi connectivity index (χ4n) is 2.96. The lowest BCUT2D eigenvalue weighted by Gasteiger charge is -2.29. The molecule has 1 amide bonds. The fourth-order valence-corrected chi connectivity index (χ4v) is 3.73. The first-order valence-electron chi connectivity index (χ1n) is 8.51. The van der Waals surface area contributed by atoms with Gasteiger partial charge in [0, 0.05) is 34.9 Å². The van der Waals surface area contributed by atoms with Gasteiger partial charge in [0.1, 0.15) is 0 Å². The van der Waals surface area contributed by atoms with Crippen LogP contribution >= 0.6 is 34.8 Å². The Bertz CT molecular complexity index is 830. The van der Waals surface area contributed by atoms with E-state index in [9.17, 15) is 4.79 Å². The van der Waals surface area contributed by atoms with Crippen LogP contribution in [0.4, 0.5) is 11.4 Å². The minimum atomic E-state index is -0.252. The third-order valence-electron chi connectivity index (χ3n) is 4.29. The molecule has 26 heavy (non-hydrogen) atoms. The summed E-state index contributed by atoms with van der Waals surface area (Å²) in [7, 11) is 0. The van der Waals surface area contributed by atoms with Crippen molar-refractivity contribution in [2.45, 2.75) is 19.3 Å². The second-order valence-corrected chi connectivity index (χ2v) is 7.45. The van der Waals surface area contributed by atoms with Gasteiger partial charge in [-0.1, -0.05) is 40.9 Å². The molecule has 1 aliphatic rings. The van der Waals surface area contributed by atoms with Crippen molar-refractivity contribution in [1.29, 1.82) is 0 Å². The number of amides is 1. The van der Waals surface area contributed by atoms with Crippen LogP contribution in [0.2, 0.25) is 15.1 Å². The highest BCUT2D eigenvalue weighted by Crippen LogP contribution is 2.31. The summed E-state index contributed by atoms with van der Waals surface area (Å²) < 4.78 is 0. The van der Waals surface area contributed by atoms with Crippen LogP contribution < -0.4 is 10.2 Å². The molecule has 2 aromatic rings. The lowest BCUT2D eigenvalue weighted by atomic mass is 10.1. The molecule has 0 spiro atoms. The fraction of sp³-hybridized carbons (Fsp3) is 0.250. The molecule has 0 aliphatic carbocycles. The van der Waals surface area contributed by atoms with Gasteiger partial charge in [-0.3, -0.25) is 4.79 Å². The van der Waals surface area contributed by atoms with E-state index in [1.807, 2.05) is 12.1 Å². The van der Waals surface area contributed by atoms with Gasteiger partial charge in [0.05, 0.1) is 10.7 Å². The minimum Gasteiger partial charge on any atom is -0.370 e. The number of rotatable bonds is 4. The molecule has 1 fully saturated rings. The highest BCUT2D eigenvalue weighted by atomic mass is 35.5. The van der Waals surface area contributed by atoms with E-state index in [0.717, 1.165) is 24.3 Å². The van der Waals surface area contributed by atoms with Gasteiger partial charge in [-0.15, -0.1) is 0 Å². The summed E-state index contributed by atoms with van der Waals surface area (Å²) in [4.78, 5) is 14.4. The van der Waals surface area contributed by atoms with Crippen molar-refractivity contribution < 1.29 is 4.79 Å². The molecule has 136 valence electrons. The summed E-state index contributed by atoms with van der Waals surface area (Å²) in [5.74, 6) is -0.252. The van der Waals surface area contributed by atoms with Crippen LogP contribution in [0.15, 0.2) is 42.5 Å². The second kappa shape index (κ2) is 8.81. The van der Waals surface area contributed by atoms with Gasteiger partial charge in [-0.25, -0.2) is 0 Å². The molecule has 3 nitrogen and oxygen atoms in total. The number of nitrogens with zero attached hydrogens (tertiary/aromatic N) is 1. The number of carbonyl (C=O) groups is 1. The third-order valence-corrected chi connectivity index (χ3v) is 5.15. The maximum absolute atomic E-state index is 12.1. The minimum absolute atomic E-state index is 0.252. The molecule has 1 N–H and O–H groups in total. The zero-order valence-corrected chi connectivity index (χ0v) is 16.4. The van der Waals surface area contributed by atoms with Crippen LogP contribution in [0.5, 0.6) is 0 Å².